The number of nitrogens with zero attached hydrogens (tertiary/aromatic N) is 2. The van der Waals surface area contributed by atoms with Gasteiger partial charge in [-0.1, -0.05) is 0 Å². The molecule has 6 heteroatoms. The number of hydrogen-bond donors (Lipinski definition) is 1. The van der Waals surface area contributed by atoms with Crippen molar-refractivity contribution >= 4 is 24.4 Å². The third-order valence-electron chi connectivity index (χ3n) is 1.52. The van der Waals surface area contributed by atoms with Crippen LogP contribution in [0.2, 0.25) is 0 Å². The summed E-state index contributed by atoms with van der Waals surface area (Å²) in [6, 6.07) is 0. The van der Waals surface area contributed by atoms with E-state index >= 15 is 0 Å². The number of rotatable bonds is 4. The molecule has 0 aromatic heterocycles. The lowest BCUT2D eigenvalue weighted by molar-refractivity contribution is -0.141. The molecule has 0 N–H and O–H groups in total. The average molecular weight is 220 g/mol. The van der Waals surface area contributed by atoms with Crippen LogP contribution >= 0.6 is 12.6 Å². The minimum absolute atomic E-state index is 0.138. The van der Waals surface area contributed by atoms with Crippen molar-refractivity contribution in [1.82, 2.24) is 9.80 Å². The molecule has 2 amide bonds. The van der Waals surface area contributed by atoms with E-state index in [1.165, 1.54) is 9.80 Å². The van der Waals surface area contributed by atoms with Crippen LogP contribution in [0.5, 0.6) is 0 Å². The molecule has 0 aromatic rings. The molecule has 82 valence electrons. The molecule has 0 aliphatic heterocycles. The number of hydrogen-bond acceptors (Lipinski definition) is 4. The van der Waals surface area contributed by atoms with E-state index in [0.717, 1.165) is 0 Å². The van der Waals surface area contributed by atoms with Gasteiger partial charge < -0.3 is 14.5 Å². The molecule has 14 heavy (non-hydrogen) atoms. The highest BCUT2D eigenvalue weighted by atomic mass is 32.1. The fourth-order valence-corrected chi connectivity index (χ4v) is 0.877. The molecule has 0 aliphatic carbocycles. The summed E-state index contributed by atoms with van der Waals surface area (Å²) in [7, 11) is 6.44. The molecule has 0 rings (SSSR count). The quantitative estimate of drug-likeness (QED) is 0.510. The van der Waals surface area contributed by atoms with Crippen molar-refractivity contribution < 1.29 is 14.3 Å². The van der Waals surface area contributed by atoms with E-state index in [-0.39, 0.29) is 18.4 Å². The van der Waals surface area contributed by atoms with Crippen LogP contribution in [0.4, 0.5) is 0 Å². The smallest absolute Gasteiger partial charge is 0.261 e. The van der Waals surface area contributed by atoms with E-state index in [4.69, 9.17) is 4.74 Å². The number of thiol groups is 1. The Balaban J connectivity index is 3.91. The summed E-state index contributed by atoms with van der Waals surface area (Å²) in [6.45, 7) is -0.138. The maximum atomic E-state index is 11.2. The number of ether oxygens (including phenoxy) is 1. The van der Waals surface area contributed by atoms with Crippen LogP contribution in [0.3, 0.4) is 0 Å². The van der Waals surface area contributed by atoms with E-state index in [1.54, 1.807) is 28.2 Å². The van der Waals surface area contributed by atoms with Crippen molar-refractivity contribution in [2.24, 2.45) is 0 Å². The number of likely N-dealkylation sites (N-methyl/N-ethyl adjacent to an activating group) is 2. The van der Waals surface area contributed by atoms with Gasteiger partial charge in [0.25, 0.3) is 5.91 Å². The molecule has 0 saturated heterocycles. The van der Waals surface area contributed by atoms with Crippen LogP contribution in [-0.4, -0.2) is 61.8 Å². The highest BCUT2D eigenvalue weighted by molar-refractivity contribution is 7.81. The Bertz CT molecular complexity index is 219. The molecule has 5 nitrogen and oxygen atoms in total. The predicted molar refractivity (Wildman–Crippen MR) is 56.1 cm³/mol. The zero-order valence-corrected chi connectivity index (χ0v) is 9.75. The fraction of sp³-hybridized carbons (Fsp3) is 0.750. The molecule has 0 saturated carbocycles. The van der Waals surface area contributed by atoms with Crippen molar-refractivity contribution in [3.63, 3.8) is 0 Å². The molecule has 1 atom stereocenters. The average Bonchev–Trinajstić information content (AvgIpc) is 2.11. The maximum Gasteiger partial charge on any atom is 0.261 e. The van der Waals surface area contributed by atoms with Crippen LogP contribution in [0.1, 0.15) is 0 Å². The first-order valence-corrected chi connectivity index (χ1v) is 4.59. The summed E-state index contributed by atoms with van der Waals surface area (Å²) in [6.07, 6.45) is 0. The summed E-state index contributed by atoms with van der Waals surface area (Å²) in [4.78, 5) is 25.1. The van der Waals surface area contributed by atoms with Crippen molar-refractivity contribution in [3.8, 4) is 0 Å². The number of amides is 2. The van der Waals surface area contributed by atoms with Gasteiger partial charge in [0.15, 0.2) is 5.44 Å². The first-order valence-electron chi connectivity index (χ1n) is 4.07. The molecule has 0 spiro atoms. The van der Waals surface area contributed by atoms with Gasteiger partial charge in [-0.25, -0.2) is 0 Å². The zero-order valence-electron chi connectivity index (χ0n) is 8.85. The Hall–Kier alpha value is -0.750. The molecular weight excluding hydrogens is 204 g/mol. The fourth-order valence-electron chi connectivity index (χ4n) is 0.571. The first-order chi connectivity index (χ1) is 6.36. The van der Waals surface area contributed by atoms with E-state index in [1.807, 2.05) is 0 Å². The van der Waals surface area contributed by atoms with Crippen LogP contribution in [-0.2, 0) is 14.3 Å². The SMILES string of the molecule is CN(C)C(=O)COC(S)C(=O)N(C)C. The molecule has 0 fully saturated rings. The lowest BCUT2D eigenvalue weighted by Gasteiger charge is -2.17. The molecule has 0 aliphatic rings. The third-order valence-corrected chi connectivity index (χ3v) is 1.89. The molecule has 0 radical (unpaired) electrons. The minimum Gasteiger partial charge on any atom is -0.348 e. The van der Waals surface area contributed by atoms with Gasteiger partial charge in [0.2, 0.25) is 5.91 Å². The van der Waals surface area contributed by atoms with E-state index in [2.05, 4.69) is 12.6 Å². The Morgan fingerprint density at radius 3 is 2.07 bits per heavy atom. The van der Waals surface area contributed by atoms with E-state index in [0.29, 0.717) is 0 Å². The second-order valence-corrected chi connectivity index (χ2v) is 3.65. The molecule has 0 aromatic carbocycles. The van der Waals surface area contributed by atoms with Gasteiger partial charge in [0.1, 0.15) is 6.61 Å². The standard InChI is InChI=1S/C8H16N2O3S/c1-9(2)6(11)5-13-8(14)7(12)10(3)4/h8,14H,5H2,1-4H3. The van der Waals surface area contributed by atoms with Crippen LogP contribution in [0.15, 0.2) is 0 Å². The lowest BCUT2D eigenvalue weighted by Crippen LogP contribution is -2.35. The Morgan fingerprint density at radius 1 is 1.21 bits per heavy atom. The van der Waals surface area contributed by atoms with Gasteiger partial charge in [-0.05, 0) is 0 Å². The zero-order chi connectivity index (χ0) is 11.3. The Morgan fingerprint density at radius 2 is 1.71 bits per heavy atom. The van der Waals surface area contributed by atoms with Gasteiger partial charge in [0, 0.05) is 28.2 Å². The molecular formula is C8H16N2O3S. The van der Waals surface area contributed by atoms with Gasteiger partial charge in [-0.2, -0.15) is 0 Å². The lowest BCUT2D eigenvalue weighted by atomic mass is 10.5. The second-order valence-electron chi connectivity index (χ2n) is 3.18. The van der Waals surface area contributed by atoms with E-state index < -0.39 is 5.44 Å². The number of carbonyl (C=O) groups is 2. The minimum atomic E-state index is -0.881. The van der Waals surface area contributed by atoms with Crippen molar-refractivity contribution in [1.29, 1.82) is 0 Å². The summed E-state index contributed by atoms with van der Waals surface area (Å²) in [5.41, 5.74) is -0.881. The Kier molecular flexibility index (Phi) is 5.56. The summed E-state index contributed by atoms with van der Waals surface area (Å²) < 4.78 is 4.97. The highest BCUT2D eigenvalue weighted by Crippen LogP contribution is 2.01. The highest BCUT2D eigenvalue weighted by Gasteiger charge is 2.17. The largest absolute Gasteiger partial charge is 0.348 e. The molecule has 0 bridgehead atoms. The topological polar surface area (TPSA) is 49.9 Å². The monoisotopic (exact) mass is 220 g/mol. The number of carbonyl (C=O) groups excluding carboxylic acids is 2. The van der Waals surface area contributed by atoms with Gasteiger partial charge in [-0.15, -0.1) is 12.6 Å². The van der Waals surface area contributed by atoms with Crippen LogP contribution in [0.25, 0.3) is 0 Å². The predicted octanol–water partition coefficient (Wildman–Crippen LogP) is -0.565. The second kappa shape index (κ2) is 5.87. The van der Waals surface area contributed by atoms with Gasteiger partial charge in [-0.3, -0.25) is 9.59 Å². The maximum absolute atomic E-state index is 11.2. The van der Waals surface area contributed by atoms with Crippen LogP contribution < -0.4 is 0 Å². The summed E-state index contributed by atoms with van der Waals surface area (Å²) >= 11 is 3.92. The van der Waals surface area contributed by atoms with E-state index in [9.17, 15) is 9.59 Å². The molecule has 1 unspecified atom stereocenters. The summed E-state index contributed by atoms with van der Waals surface area (Å²) in [5.74, 6) is -0.476. The van der Waals surface area contributed by atoms with Crippen molar-refractivity contribution in [3.05, 3.63) is 0 Å². The van der Waals surface area contributed by atoms with Gasteiger partial charge >= 0.3 is 0 Å². The molecule has 0 heterocycles. The third kappa shape index (κ3) is 4.48. The normalized spacial score (nSPS) is 12.1. The first kappa shape index (κ1) is 13.2. The van der Waals surface area contributed by atoms with Crippen LogP contribution in [0, 0.1) is 0 Å². The summed E-state index contributed by atoms with van der Waals surface area (Å²) in [5, 5.41) is 0. The van der Waals surface area contributed by atoms with Gasteiger partial charge in [0.05, 0.1) is 0 Å². The Labute approximate surface area is 89.4 Å². The van der Waals surface area contributed by atoms with Crippen molar-refractivity contribution in [2.75, 3.05) is 34.8 Å². The van der Waals surface area contributed by atoms with Crippen molar-refractivity contribution in [2.45, 2.75) is 5.44 Å².